The summed E-state index contributed by atoms with van der Waals surface area (Å²) >= 11 is 3.37. The van der Waals surface area contributed by atoms with Crippen LogP contribution in [-0.2, 0) is 6.42 Å². The van der Waals surface area contributed by atoms with Crippen molar-refractivity contribution in [3.63, 3.8) is 0 Å². The van der Waals surface area contributed by atoms with Gasteiger partial charge in [0.25, 0.3) is 0 Å². The number of nitrogens with zero attached hydrogens (tertiary/aromatic N) is 1. The molecule has 0 radical (unpaired) electrons. The number of aliphatic hydroxyl groups is 1. The lowest BCUT2D eigenvalue weighted by Crippen LogP contribution is -2.42. The number of aromatic nitrogens is 1. The minimum absolute atomic E-state index is 0.324. The van der Waals surface area contributed by atoms with Crippen LogP contribution in [0, 0.1) is 5.92 Å². The molecule has 1 aliphatic rings. The molecular formula is C11H15BrN2O. The molecule has 15 heavy (non-hydrogen) atoms. The van der Waals surface area contributed by atoms with E-state index in [-0.39, 0.29) is 0 Å². The fraction of sp³-hybridized carbons (Fsp3) is 0.545. The summed E-state index contributed by atoms with van der Waals surface area (Å²) in [7, 11) is 0. The first kappa shape index (κ1) is 11.0. The maximum Gasteiger partial charge on any atom is 0.0838 e. The fourth-order valence-electron chi connectivity index (χ4n) is 1.91. The maximum atomic E-state index is 10.3. The van der Waals surface area contributed by atoms with Crippen LogP contribution in [0.3, 0.4) is 0 Å². The normalized spacial score (nSPS) is 19.9. The van der Waals surface area contributed by atoms with Crippen molar-refractivity contribution >= 4 is 15.9 Å². The molecule has 0 amide bonds. The second-order valence-corrected chi connectivity index (χ2v) is 5.19. The number of pyridine rings is 1. The smallest absolute Gasteiger partial charge is 0.0838 e. The third kappa shape index (κ3) is 2.56. The third-order valence-corrected chi connectivity index (χ3v) is 3.40. The molecule has 4 heteroatoms. The fourth-order valence-corrected chi connectivity index (χ4v) is 2.32. The van der Waals surface area contributed by atoms with E-state index in [1.807, 2.05) is 6.07 Å². The van der Waals surface area contributed by atoms with E-state index in [0.717, 1.165) is 22.9 Å². The van der Waals surface area contributed by atoms with E-state index in [0.29, 0.717) is 18.9 Å². The Bertz CT molecular complexity index is 354. The SMILES string of the molecule is NCC(O)(Cc1cncc(Br)c1)C1CC1. The summed E-state index contributed by atoms with van der Waals surface area (Å²) in [6.07, 6.45) is 6.31. The Balaban J connectivity index is 2.12. The van der Waals surface area contributed by atoms with Crippen molar-refractivity contribution in [3.8, 4) is 0 Å². The lowest BCUT2D eigenvalue weighted by atomic mass is 9.90. The Kier molecular flexibility index (Phi) is 3.09. The van der Waals surface area contributed by atoms with Crippen molar-refractivity contribution in [2.75, 3.05) is 6.54 Å². The third-order valence-electron chi connectivity index (χ3n) is 2.96. The van der Waals surface area contributed by atoms with Crippen molar-refractivity contribution < 1.29 is 5.11 Å². The molecular weight excluding hydrogens is 256 g/mol. The van der Waals surface area contributed by atoms with Gasteiger partial charge in [-0.25, -0.2) is 0 Å². The first-order valence-electron chi connectivity index (χ1n) is 5.16. The number of halogens is 1. The van der Waals surface area contributed by atoms with Crippen molar-refractivity contribution in [1.29, 1.82) is 0 Å². The lowest BCUT2D eigenvalue weighted by molar-refractivity contribution is 0.0266. The lowest BCUT2D eigenvalue weighted by Gasteiger charge is -2.26. The van der Waals surface area contributed by atoms with E-state index in [4.69, 9.17) is 5.73 Å². The van der Waals surface area contributed by atoms with E-state index in [9.17, 15) is 5.11 Å². The molecule has 1 aromatic rings. The Hall–Kier alpha value is -0.450. The highest BCUT2D eigenvalue weighted by atomic mass is 79.9. The summed E-state index contributed by atoms with van der Waals surface area (Å²) in [5.74, 6) is 0.376. The van der Waals surface area contributed by atoms with Crippen LogP contribution in [0.15, 0.2) is 22.9 Å². The Morgan fingerprint density at radius 2 is 2.27 bits per heavy atom. The molecule has 2 rings (SSSR count). The summed E-state index contributed by atoms with van der Waals surface area (Å²) in [4.78, 5) is 4.08. The van der Waals surface area contributed by atoms with Gasteiger partial charge in [0.15, 0.2) is 0 Å². The summed E-state index contributed by atoms with van der Waals surface area (Å²) in [6, 6.07) is 1.98. The zero-order valence-electron chi connectivity index (χ0n) is 8.49. The van der Waals surface area contributed by atoms with E-state index >= 15 is 0 Å². The Labute approximate surface area is 97.8 Å². The van der Waals surface area contributed by atoms with Crippen LogP contribution >= 0.6 is 15.9 Å². The second-order valence-electron chi connectivity index (χ2n) is 4.27. The van der Waals surface area contributed by atoms with E-state index in [1.165, 1.54) is 0 Å². The molecule has 0 bridgehead atoms. The average Bonchev–Trinajstić information content (AvgIpc) is 3.01. The predicted octanol–water partition coefficient (Wildman–Crippen LogP) is 1.49. The topological polar surface area (TPSA) is 59.1 Å². The summed E-state index contributed by atoms with van der Waals surface area (Å²) < 4.78 is 0.940. The Morgan fingerprint density at radius 1 is 1.53 bits per heavy atom. The van der Waals surface area contributed by atoms with Gasteiger partial charge in [0.1, 0.15) is 0 Å². The van der Waals surface area contributed by atoms with Crippen molar-refractivity contribution in [2.45, 2.75) is 24.9 Å². The molecule has 1 aliphatic carbocycles. The van der Waals surface area contributed by atoms with E-state index in [1.54, 1.807) is 12.4 Å². The molecule has 3 nitrogen and oxygen atoms in total. The first-order chi connectivity index (χ1) is 7.14. The van der Waals surface area contributed by atoms with Crippen LogP contribution in [0.2, 0.25) is 0 Å². The van der Waals surface area contributed by atoms with Crippen LogP contribution in [0.5, 0.6) is 0 Å². The van der Waals surface area contributed by atoms with Crippen molar-refractivity contribution in [2.24, 2.45) is 11.7 Å². The molecule has 1 atom stereocenters. The van der Waals surface area contributed by atoms with Gasteiger partial charge in [-0.1, -0.05) is 0 Å². The number of hydrogen-bond donors (Lipinski definition) is 2. The minimum atomic E-state index is -0.734. The average molecular weight is 271 g/mol. The minimum Gasteiger partial charge on any atom is -0.388 e. The molecule has 1 heterocycles. The molecule has 1 fully saturated rings. The number of rotatable bonds is 4. The summed E-state index contributed by atoms with van der Waals surface area (Å²) in [5.41, 5.74) is 5.95. The molecule has 82 valence electrons. The zero-order chi connectivity index (χ0) is 10.9. The van der Waals surface area contributed by atoms with Crippen LogP contribution in [0.4, 0.5) is 0 Å². The molecule has 0 aromatic carbocycles. The largest absolute Gasteiger partial charge is 0.388 e. The van der Waals surface area contributed by atoms with E-state index in [2.05, 4.69) is 20.9 Å². The standard InChI is InChI=1S/C11H15BrN2O/c12-10-3-8(5-14-6-10)4-11(15,7-13)9-1-2-9/h3,5-6,9,15H,1-2,4,7,13H2. The van der Waals surface area contributed by atoms with Gasteiger partial charge in [0.2, 0.25) is 0 Å². The molecule has 3 N–H and O–H groups in total. The second kappa shape index (κ2) is 4.20. The molecule has 1 unspecified atom stereocenters. The highest BCUT2D eigenvalue weighted by Crippen LogP contribution is 2.40. The summed E-state index contributed by atoms with van der Waals surface area (Å²) in [6.45, 7) is 0.324. The van der Waals surface area contributed by atoms with Gasteiger partial charge in [0, 0.05) is 29.8 Å². The van der Waals surface area contributed by atoms with Crippen molar-refractivity contribution in [3.05, 3.63) is 28.5 Å². The van der Waals surface area contributed by atoms with Crippen LogP contribution in [0.1, 0.15) is 18.4 Å². The highest BCUT2D eigenvalue weighted by molar-refractivity contribution is 9.10. The van der Waals surface area contributed by atoms with Gasteiger partial charge in [-0.2, -0.15) is 0 Å². The first-order valence-corrected chi connectivity index (χ1v) is 5.95. The van der Waals surface area contributed by atoms with Gasteiger partial charge in [-0.15, -0.1) is 0 Å². The van der Waals surface area contributed by atoms with Gasteiger partial charge in [-0.05, 0) is 46.3 Å². The van der Waals surface area contributed by atoms with Crippen LogP contribution in [-0.4, -0.2) is 22.2 Å². The highest BCUT2D eigenvalue weighted by Gasteiger charge is 2.42. The van der Waals surface area contributed by atoms with E-state index < -0.39 is 5.60 Å². The summed E-state index contributed by atoms with van der Waals surface area (Å²) in [5, 5.41) is 10.3. The monoisotopic (exact) mass is 270 g/mol. The maximum absolute atomic E-state index is 10.3. The van der Waals surface area contributed by atoms with Gasteiger partial charge in [0.05, 0.1) is 5.60 Å². The molecule has 0 saturated heterocycles. The van der Waals surface area contributed by atoms with Gasteiger partial charge < -0.3 is 10.8 Å². The number of nitrogens with two attached hydrogens (primary N) is 1. The van der Waals surface area contributed by atoms with Gasteiger partial charge >= 0.3 is 0 Å². The zero-order valence-corrected chi connectivity index (χ0v) is 10.1. The molecule has 1 aromatic heterocycles. The quantitative estimate of drug-likeness (QED) is 0.872. The number of hydrogen-bond acceptors (Lipinski definition) is 3. The van der Waals surface area contributed by atoms with Crippen LogP contribution in [0.25, 0.3) is 0 Å². The predicted molar refractivity (Wildman–Crippen MR) is 62.4 cm³/mol. The molecule has 0 aliphatic heterocycles. The molecule has 0 spiro atoms. The molecule has 1 saturated carbocycles. The van der Waals surface area contributed by atoms with Crippen LogP contribution < -0.4 is 5.73 Å². The van der Waals surface area contributed by atoms with Crippen molar-refractivity contribution in [1.82, 2.24) is 4.98 Å². The van der Waals surface area contributed by atoms with Gasteiger partial charge in [-0.3, -0.25) is 4.98 Å². The Morgan fingerprint density at radius 3 is 2.80 bits per heavy atom.